The van der Waals surface area contributed by atoms with E-state index in [4.69, 9.17) is 9.72 Å². The molecule has 4 heterocycles. The molecule has 5 aromatic rings. The van der Waals surface area contributed by atoms with E-state index in [9.17, 15) is 4.79 Å². The van der Waals surface area contributed by atoms with Crippen LogP contribution in [0.25, 0.3) is 22.1 Å². The number of hydrogen-bond acceptors (Lipinski definition) is 9. The molecule has 0 spiro atoms. The number of halogens is 1. The van der Waals surface area contributed by atoms with Crippen LogP contribution >= 0.6 is 0 Å². The fraction of sp³-hybridized carbons (Fsp3) is 0.267. The van der Waals surface area contributed by atoms with Crippen molar-refractivity contribution >= 4 is 45.3 Å². The summed E-state index contributed by atoms with van der Waals surface area (Å²) in [5.41, 5.74) is 3.27. The third-order valence-electron chi connectivity index (χ3n) is 7.60. The van der Waals surface area contributed by atoms with Crippen molar-refractivity contribution in [2.75, 3.05) is 29.9 Å². The summed E-state index contributed by atoms with van der Waals surface area (Å²) >= 11 is 0. The van der Waals surface area contributed by atoms with Crippen LogP contribution in [-0.4, -0.2) is 66.4 Å². The van der Waals surface area contributed by atoms with Crippen molar-refractivity contribution in [3.8, 4) is 11.5 Å². The van der Waals surface area contributed by atoms with Crippen molar-refractivity contribution in [1.29, 1.82) is 0 Å². The molecular formula is C30H30FN9O2. The van der Waals surface area contributed by atoms with Gasteiger partial charge in [-0.25, -0.2) is 24.0 Å². The molecule has 1 saturated heterocycles. The second-order valence-electron chi connectivity index (χ2n) is 10.1. The highest BCUT2D eigenvalue weighted by atomic mass is 19.1. The second-order valence-corrected chi connectivity index (χ2v) is 10.1. The van der Waals surface area contributed by atoms with Crippen molar-refractivity contribution in [2.24, 2.45) is 7.05 Å². The molecule has 2 aromatic carbocycles. The highest BCUT2D eigenvalue weighted by Crippen LogP contribution is 2.34. The number of pyridine rings is 1. The molecule has 6 rings (SSSR count). The molecule has 1 amide bonds. The Bertz CT molecular complexity index is 1820. The van der Waals surface area contributed by atoms with Crippen molar-refractivity contribution in [1.82, 2.24) is 34.8 Å². The number of nitrogens with one attached hydrogen (secondary N) is 1. The van der Waals surface area contributed by atoms with E-state index in [0.717, 1.165) is 17.8 Å². The van der Waals surface area contributed by atoms with Crippen LogP contribution in [0.15, 0.2) is 61.4 Å². The summed E-state index contributed by atoms with van der Waals surface area (Å²) in [4.78, 5) is 29.9. The Labute approximate surface area is 241 Å². The monoisotopic (exact) mass is 567 g/mol. The molecule has 0 unspecified atom stereocenters. The number of piperazine rings is 1. The standard InChI is InChI=1S/C30H30FN9O2/c1-5-19-16-39(13-14-40(19)27(41)6-2)26-12-9-22-29(35-26)30(33-17-32-22)34-21-8-11-25(18(3)28(21)31)42-20-7-10-24-23(15-20)36-37-38(24)4/h6-12,15,17,19H,2,5,13-14,16H2,1,3-4H3,(H,32,33,34)/t19-/m1/s1. The van der Waals surface area contributed by atoms with Gasteiger partial charge in [0, 0.05) is 44.4 Å². The average molecular weight is 568 g/mol. The number of hydrogen-bond donors (Lipinski definition) is 1. The summed E-state index contributed by atoms with van der Waals surface area (Å²) < 4.78 is 23.3. The van der Waals surface area contributed by atoms with Gasteiger partial charge in [0.15, 0.2) is 11.6 Å². The molecule has 11 nitrogen and oxygen atoms in total. The number of nitrogens with zero attached hydrogens (tertiary/aromatic N) is 8. The maximum absolute atomic E-state index is 15.6. The van der Waals surface area contributed by atoms with Crippen molar-refractivity contribution in [2.45, 2.75) is 26.3 Å². The number of ether oxygens (including phenoxy) is 1. The van der Waals surface area contributed by atoms with Crippen molar-refractivity contribution in [3.63, 3.8) is 0 Å². The molecule has 214 valence electrons. The Kier molecular flexibility index (Phi) is 7.11. The van der Waals surface area contributed by atoms with Crippen molar-refractivity contribution in [3.05, 3.63) is 72.8 Å². The van der Waals surface area contributed by atoms with Gasteiger partial charge in [-0.3, -0.25) is 4.79 Å². The lowest BCUT2D eigenvalue weighted by Crippen LogP contribution is -2.54. The lowest BCUT2D eigenvalue weighted by atomic mass is 10.1. The lowest BCUT2D eigenvalue weighted by molar-refractivity contribution is -0.128. The van der Waals surface area contributed by atoms with Gasteiger partial charge in [-0.05, 0) is 55.8 Å². The molecule has 1 aliphatic heterocycles. The minimum atomic E-state index is -0.468. The number of anilines is 3. The zero-order chi connectivity index (χ0) is 29.4. The van der Waals surface area contributed by atoms with Crippen LogP contribution in [0.1, 0.15) is 18.9 Å². The van der Waals surface area contributed by atoms with E-state index >= 15 is 4.39 Å². The highest BCUT2D eigenvalue weighted by Gasteiger charge is 2.29. The first kappa shape index (κ1) is 27.1. The van der Waals surface area contributed by atoms with E-state index in [2.05, 4.69) is 44.0 Å². The average Bonchev–Trinajstić information content (AvgIpc) is 3.39. The van der Waals surface area contributed by atoms with Gasteiger partial charge in [-0.2, -0.15) is 0 Å². The summed E-state index contributed by atoms with van der Waals surface area (Å²) in [5.74, 6) is 1.51. The number of aromatic nitrogens is 6. The Hall–Kier alpha value is -5.13. The first-order valence-corrected chi connectivity index (χ1v) is 13.7. The summed E-state index contributed by atoms with van der Waals surface area (Å²) in [6, 6.07) is 12.6. The Morgan fingerprint density at radius 3 is 2.83 bits per heavy atom. The minimum absolute atomic E-state index is 0.0479. The zero-order valence-corrected chi connectivity index (χ0v) is 23.6. The van der Waals surface area contributed by atoms with Crippen LogP contribution in [0.2, 0.25) is 0 Å². The van der Waals surface area contributed by atoms with Crippen LogP contribution in [0.5, 0.6) is 11.5 Å². The van der Waals surface area contributed by atoms with Gasteiger partial charge in [-0.15, -0.1) is 5.10 Å². The molecule has 0 aliphatic carbocycles. The van der Waals surface area contributed by atoms with E-state index in [1.165, 1.54) is 12.4 Å². The normalized spacial score (nSPS) is 15.3. The third-order valence-corrected chi connectivity index (χ3v) is 7.60. The van der Waals surface area contributed by atoms with Crippen LogP contribution < -0.4 is 15.0 Å². The molecule has 0 radical (unpaired) electrons. The number of rotatable bonds is 7. The number of aryl methyl sites for hydroxylation is 1. The van der Waals surface area contributed by atoms with Gasteiger partial charge in [0.2, 0.25) is 5.91 Å². The first-order chi connectivity index (χ1) is 20.4. The first-order valence-electron chi connectivity index (χ1n) is 13.7. The third kappa shape index (κ3) is 4.95. The van der Waals surface area contributed by atoms with Crippen LogP contribution in [0.4, 0.5) is 21.7 Å². The molecule has 0 saturated carbocycles. The summed E-state index contributed by atoms with van der Waals surface area (Å²) in [6.07, 6.45) is 3.59. The number of carbonyl (C=O) groups excluding carboxylic acids is 1. The largest absolute Gasteiger partial charge is 0.457 e. The minimum Gasteiger partial charge on any atom is -0.457 e. The van der Waals surface area contributed by atoms with Crippen LogP contribution in [-0.2, 0) is 11.8 Å². The molecule has 0 bridgehead atoms. The predicted molar refractivity (Wildman–Crippen MR) is 159 cm³/mol. The molecule has 42 heavy (non-hydrogen) atoms. The van der Waals surface area contributed by atoms with Gasteiger partial charge < -0.3 is 19.9 Å². The summed E-state index contributed by atoms with van der Waals surface area (Å²) in [5, 5.41) is 11.2. The molecule has 1 aliphatic rings. The van der Waals surface area contributed by atoms with E-state index in [-0.39, 0.29) is 17.6 Å². The fourth-order valence-corrected chi connectivity index (χ4v) is 5.23. The van der Waals surface area contributed by atoms with E-state index in [1.807, 2.05) is 30.1 Å². The second kappa shape index (κ2) is 11.0. The van der Waals surface area contributed by atoms with E-state index < -0.39 is 5.82 Å². The number of benzene rings is 2. The number of carbonyl (C=O) groups is 1. The molecule has 1 N–H and O–H groups in total. The maximum Gasteiger partial charge on any atom is 0.246 e. The SMILES string of the molecule is C=CC(=O)N1CCN(c2ccc3ncnc(Nc4ccc(Oc5ccc6c(c5)nnn6C)c(C)c4F)c3n2)C[C@H]1CC. The number of amides is 1. The summed E-state index contributed by atoms with van der Waals surface area (Å²) in [6.45, 7) is 9.19. The van der Waals surface area contributed by atoms with Gasteiger partial charge in [-0.1, -0.05) is 18.7 Å². The molecule has 1 fully saturated rings. The Balaban J connectivity index is 1.25. The van der Waals surface area contributed by atoms with E-state index in [0.29, 0.717) is 59.1 Å². The fourth-order valence-electron chi connectivity index (χ4n) is 5.23. The molecule has 12 heteroatoms. The van der Waals surface area contributed by atoms with Gasteiger partial charge in [0.05, 0.1) is 16.7 Å². The lowest BCUT2D eigenvalue weighted by Gasteiger charge is -2.41. The Morgan fingerprint density at radius 1 is 1.17 bits per heavy atom. The topological polar surface area (TPSA) is 114 Å². The Morgan fingerprint density at radius 2 is 2.02 bits per heavy atom. The van der Waals surface area contributed by atoms with Gasteiger partial charge >= 0.3 is 0 Å². The summed E-state index contributed by atoms with van der Waals surface area (Å²) in [7, 11) is 1.81. The maximum atomic E-state index is 15.6. The smallest absolute Gasteiger partial charge is 0.246 e. The molecule has 3 aromatic heterocycles. The molecule has 1 atom stereocenters. The van der Waals surface area contributed by atoms with Crippen LogP contribution in [0.3, 0.4) is 0 Å². The van der Waals surface area contributed by atoms with E-state index in [1.54, 1.807) is 35.9 Å². The van der Waals surface area contributed by atoms with Crippen LogP contribution in [0, 0.1) is 12.7 Å². The van der Waals surface area contributed by atoms with Gasteiger partial charge in [0.1, 0.15) is 34.7 Å². The molecular weight excluding hydrogens is 537 g/mol. The van der Waals surface area contributed by atoms with Gasteiger partial charge in [0.25, 0.3) is 0 Å². The predicted octanol–water partition coefficient (Wildman–Crippen LogP) is 4.90. The quantitative estimate of drug-likeness (QED) is 0.274. The number of fused-ring (bicyclic) bond motifs is 2. The van der Waals surface area contributed by atoms with Crippen molar-refractivity contribution < 1.29 is 13.9 Å². The highest BCUT2D eigenvalue weighted by molar-refractivity contribution is 5.89. The zero-order valence-electron chi connectivity index (χ0n) is 23.6.